The van der Waals surface area contributed by atoms with Crippen molar-refractivity contribution >= 4 is 23.4 Å². The number of aromatic amines is 1. The van der Waals surface area contributed by atoms with Gasteiger partial charge in [-0.3, -0.25) is 14.3 Å². The number of carbonyl (C=O) groups is 1. The number of fused-ring (bicyclic) bond motifs is 1. The van der Waals surface area contributed by atoms with E-state index >= 15 is 0 Å². The van der Waals surface area contributed by atoms with E-state index in [1.807, 2.05) is 0 Å². The molecule has 1 aliphatic heterocycles. The first-order valence-electron chi connectivity index (χ1n) is 6.00. The Hall–Kier alpha value is -2.22. The number of anilines is 1. The van der Waals surface area contributed by atoms with Crippen molar-refractivity contribution in [2.75, 3.05) is 5.73 Å². The lowest BCUT2D eigenvalue weighted by molar-refractivity contribution is -0.110. The summed E-state index contributed by atoms with van der Waals surface area (Å²) in [4.78, 5) is 32.6. The number of aromatic nitrogens is 4. The second-order valence-corrected chi connectivity index (χ2v) is 4.47. The van der Waals surface area contributed by atoms with Crippen molar-refractivity contribution in [1.29, 1.82) is 0 Å². The van der Waals surface area contributed by atoms with E-state index < -0.39 is 0 Å². The van der Waals surface area contributed by atoms with Crippen molar-refractivity contribution in [2.45, 2.75) is 31.6 Å². The van der Waals surface area contributed by atoms with Crippen LogP contribution in [-0.2, 0) is 9.53 Å². The SMILES string of the molecule is Nc1nc2c(ncn2C2CCC(CC=O)O2)c(=O)[nH]1. The molecule has 0 spiro atoms. The normalized spacial score (nSPS) is 22.9. The number of imidazole rings is 1. The van der Waals surface area contributed by atoms with E-state index in [0.29, 0.717) is 12.1 Å². The van der Waals surface area contributed by atoms with Gasteiger partial charge in [0.15, 0.2) is 11.2 Å². The molecule has 3 rings (SSSR count). The van der Waals surface area contributed by atoms with Gasteiger partial charge in [0.25, 0.3) is 5.56 Å². The lowest BCUT2D eigenvalue weighted by Gasteiger charge is -2.13. The molecule has 0 bridgehead atoms. The van der Waals surface area contributed by atoms with Crippen LogP contribution in [-0.4, -0.2) is 31.9 Å². The molecule has 1 saturated heterocycles. The quantitative estimate of drug-likeness (QED) is 0.751. The van der Waals surface area contributed by atoms with Gasteiger partial charge in [0.2, 0.25) is 5.95 Å². The topological polar surface area (TPSA) is 116 Å². The molecule has 0 amide bonds. The Morgan fingerprint density at radius 3 is 3.21 bits per heavy atom. The second kappa shape index (κ2) is 4.47. The molecule has 2 atom stereocenters. The Labute approximate surface area is 107 Å². The van der Waals surface area contributed by atoms with Crippen LogP contribution in [0.4, 0.5) is 5.95 Å². The summed E-state index contributed by atoms with van der Waals surface area (Å²) in [6.07, 6.45) is 3.93. The molecule has 3 N–H and O–H groups in total. The zero-order valence-corrected chi connectivity index (χ0v) is 10.1. The van der Waals surface area contributed by atoms with Gasteiger partial charge < -0.3 is 15.3 Å². The second-order valence-electron chi connectivity index (χ2n) is 4.47. The lowest BCUT2D eigenvalue weighted by Crippen LogP contribution is -2.15. The molecule has 0 aliphatic carbocycles. The third kappa shape index (κ3) is 1.99. The Morgan fingerprint density at radius 1 is 1.58 bits per heavy atom. The van der Waals surface area contributed by atoms with Crippen LogP contribution in [0.5, 0.6) is 0 Å². The average Bonchev–Trinajstić information content (AvgIpc) is 2.95. The molecule has 1 fully saturated rings. The lowest BCUT2D eigenvalue weighted by atomic mass is 10.2. The molecule has 0 radical (unpaired) electrons. The number of hydrogen-bond donors (Lipinski definition) is 2. The summed E-state index contributed by atoms with van der Waals surface area (Å²) in [7, 11) is 0. The first kappa shape index (κ1) is 11.8. The minimum atomic E-state index is -0.372. The monoisotopic (exact) mass is 263 g/mol. The molecule has 19 heavy (non-hydrogen) atoms. The minimum Gasteiger partial charge on any atom is -0.369 e. The fraction of sp³-hybridized carbons (Fsp3) is 0.455. The highest BCUT2D eigenvalue weighted by molar-refractivity contribution is 5.70. The Kier molecular flexibility index (Phi) is 2.79. The predicted molar refractivity (Wildman–Crippen MR) is 66.4 cm³/mol. The maximum absolute atomic E-state index is 11.7. The number of nitrogens with one attached hydrogen (secondary N) is 1. The van der Waals surface area contributed by atoms with Crippen LogP contribution in [0.3, 0.4) is 0 Å². The fourth-order valence-corrected chi connectivity index (χ4v) is 2.33. The molecule has 8 heteroatoms. The van der Waals surface area contributed by atoms with Crippen LogP contribution in [0.2, 0.25) is 0 Å². The van der Waals surface area contributed by atoms with Crippen molar-refractivity contribution in [3.05, 3.63) is 16.7 Å². The fourth-order valence-electron chi connectivity index (χ4n) is 2.33. The number of H-pyrrole nitrogens is 1. The first-order valence-corrected chi connectivity index (χ1v) is 6.00. The van der Waals surface area contributed by atoms with Crippen LogP contribution in [0.1, 0.15) is 25.5 Å². The molecule has 2 unspecified atom stereocenters. The zero-order chi connectivity index (χ0) is 13.4. The molecule has 8 nitrogen and oxygen atoms in total. The van der Waals surface area contributed by atoms with Crippen molar-refractivity contribution < 1.29 is 9.53 Å². The Morgan fingerprint density at radius 2 is 2.42 bits per heavy atom. The molecule has 2 aromatic heterocycles. The van der Waals surface area contributed by atoms with E-state index in [-0.39, 0.29) is 29.4 Å². The molecule has 3 heterocycles. The molecule has 2 aromatic rings. The van der Waals surface area contributed by atoms with Gasteiger partial charge in [-0.25, -0.2) is 4.98 Å². The van der Waals surface area contributed by atoms with E-state index in [1.54, 1.807) is 4.57 Å². The molecular formula is C11H13N5O3. The standard InChI is InChI=1S/C11H13N5O3/c12-11-14-9-8(10(18)15-11)13-5-16(9)7-2-1-6(19-7)3-4-17/h4-7H,1-3H2,(H3,12,14,15,18). The summed E-state index contributed by atoms with van der Waals surface area (Å²) in [5.74, 6) is 0.0432. The first-order chi connectivity index (χ1) is 9.19. The van der Waals surface area contributed by atoms with Crippen LogP contribution in [0, 0.1) is 0 Å². The third-order valence-corrected chi connectivity index (χ3v) is 3.21. The van der Waals surface area contributed by atoms with E-state index in [0.717, 1.165) is 19.1 Å². The van der Waals surface area contributed by atoms with Crippen LogP contribution in [0.15, 0.2) is 11.1 Å². The minimum absolute atomic E-state index is 0.0432. The van der Waals surface area contributed by atoms with Gasteiger partial charge in [0.05, 0.1) is 12.4 Å². The average molecular weight is 263 g/mol. The van der Waals surface area contributed by atoms with E-state index in [9.17, 15) is 9.59 Å². The van der Waals surface area contributed by atoms with E-state index in [2.05, 4.69) is 15.0 Å². The Balaban J connectivity index is 1.98. The Bertz CT molecular complexity index is 677. The van der Waals surface area contributed by atoms with Gasteiger partial charge in [-0.15, -0.1) is 0 Å². The molecule has 1 aliphatic rings. The largest absolute Gasteiger partial charge is 0.369 e. The van der Waals surface area contributed by atoms with Crippen LogP contribution in [0.25, 0.3) is 11.2 Å². The van der Waals surface area contributed by atoms with Gasteiger partial charge in [-0.1, -0.05) is 0 Å². The van der Waals surface area contributed by atoms with Gasteiger partial charge in [-0.2, -0.15) is 4.98 Å². The highest BCUT2D eigenvalue weighted by Gasteiger charge is 2.28. The van der Waals surface area contributed by atoms with Crippen LogP contribution < -0.4 is 11.3 Å². The van der Waals surface area contributed by atoms with E-state index in [1.165, 1.54) is 6.33 Å². The maximum atomic E-state index is 11.7. The van der Waals surface area contributed by atoms with Crippen molar-refractivity contribution in [3.8, 4) is 0 Å². The highest BCUT2D eigenvalue weighted by atomic mass is 16.5. The summed E-state index contributed by atoms with van der Waals surface area (Å²) in [6.45, 7) is 0. The third-order valence-electron chi connectivity index (χ3n) is 3.21. The van der Waals surface area contributed by atoms with Crippen LogP contribution >= 0.6 is 0 Å². The molecule has 0 aromatic carbocycles. The van der Waals surface area contributed by atoms with Gasteiger partial charge >= 0.3 is 0 Å². The molecular weight excluding hydrogens is 250 g/mol. The van der Waals surface area contributed by atoms with E-state index in [4.69, 9.17) is 10.5 Å². The predicted octanol–water partition coefficient (Wildman–Crippen LogP) is -0.0316. The van der Waals surface area contributed by atoms with Gasteiger partial charge in [-0.05, 0) is 12.8 Å². The van der Waals surface area contributed by atoms with Gasteiger partial charge in [0, 0.05) is 6.42 Å². The number of carbonyl (C=O) groups excluding carboxylic acids is 1. The number of nitrogens with zero attached hydrogens (tertiary/aromatic N) is 3. The number of rotatable bonds is 3. The summed E-state index contributed by atoms with van der Waals surface area (Å²) in [6, 6.07) is 0. The van der Waals surface area contributed by atoms with Crippen molar-refractivity contribution in [3.63, 3.8) is 0 Å². The molecule has 0 saturated carbocycles. The number of nitrogens with two attached hydrogens (primary N) is 1. The summed E-state index contributed by atoms with van der Waals surface area (Å²) >= 11 is 0. The summed E-state index contributed by atoms with van der Waals surface area (Å²) < 4.78 is 7.42. The zero-order valence-electron chi connectivity index (χ0n) is 10.1. The van der Waals surface area contributed by atoms with Crippen molar-refractivity contribution in [1.82, 2.24) is 19.5 Å². The molecule has 100 valence electrons. The summed E-state index contributed by atoms with van der Waals surface area (Å²) in [5.41, 5.74) is 5.79. The van der Waals surface area contributed by atoms with Crippen molar-refractivity contribution in [2.24, 2.45) is 0 Å². The number of aldehydes is 1. The maximum Gasteiger partial charge on any atom is 0.280 e. The number of ether oxygens (including phenoxy) is 1. The van der Waals surface area contributed by atoms with Gasteiger partial charge in [0.1, 0.15) is 12.5 Å². The number of hydrogen-bond acceptors (Lipinski definition) is 6. The highest BCUT2D eigenvalue weighted by Crippen LogP contribution is 2.30. The number of nitrogen functional groups attached to an aromatic ring is 1. The smallest absolute Gasteiger partial charge is 0.280 e. The summed E-state index contributed by atoms with van der Waals surface area (Å²) in [5, 5.41) is 0.